The fourth-order valence-corrected chi connectivity index (χ4v) is 3.11. The number of nitrogens with zero attached hydrogens (tertiary/aromatic N) is 1. The highest BCUT2D eigenvalue weighted by molar-refractivity contribution is 6.05. The van der Waals surface area contributed by atoms with Crippen molar-refractivity contribution in [2.75, 3.05) is 0 Å². The van der Waals surface area contributed by atoms with Gasteiger partial charge < -0.3 is 9.47 Å². The lowest BCUT2D eigenvalue weighted by molar-refractivity contribution is -0.503. The summed E-state index contributed by atoms with van der Waals surface area (Å²) in [7, 11) is 0. The van der Waals surface area contributed by atoms with Gasteiger partial charge in [-0.05, 0) is 48.0 Å². The quantitative estimate of drug-likeness (QED) is 0.227. The van der Waals surface area contributed by atoms with Crippen molar-refractivity contribution in [3.05, 3.63) is 10.1 Å². The standard InChI is InChI=1S/C18H31NO6/c1-8-9-10-11-12-13(19(22)23)18(12,14(20)24-16(2,3)4)15(21)25-17(5,6)7/h12-13H,8-11H2,1-7H3/t12-,13-/m1/s1. The Morgan fingerprint density at radius 2 is 1.44 bits per heavy atom. The molecule has 0 aromatic rings. The van der Waals surface area contributed by atoms with E-state index < -0.39 is 45.4 Å². The average Bonchev–Trinajstić information content (AvgIpc) is 3.05. The molecule has 0 radical (unpaired) electrons. The molecular weight excluding hydrogens is 326 g/mol. The molecule has 1 aliphatic carbocycles. The van der Waals surface area contributed by atoms with Crippen LogP contribution in [0.4, 0.5) is 0 Å². The summed E-state index contributed by atoms with van der Waals surface area (Å²) in [6.45, 7) is 12.0. The lowest BCUT2D eigenvalue weighted by Crippen LogP contribution is -2.42. The maximum absolute atomic E-state index is 12.8. The first-order chi connectivity index (χ1) is 11.3. The zero-order valence-electron chi connectivity index (χ0n) is 16.4. The van der Waals surface area contributed by atoms with Crippen LogP contribution in [0.2, 0.25) is 0 Å². The van der Waals surface area contributed by atoms with Gasteiger partial charge in [0.25, 0.3) is 0 Å². The van der Waals surface area contributed by atoms with Crippen molar-refractivity contribution < 1.29 is 24.0 Å². The van der Waals surface area contributed by atoms with Crippen molar-refractivity contribution in [3.8, 4) is 0 Å². The summed E-state index contributed by atoms with van der Waals surface area (Å²) in [6, 6.07) is -1.28. The van der Waals surface area contributed by atoms with E-state index in [9.17, 15) is 19.7 Å². The maximum Gasteiger partial charge on any atom is 0.331 e. The van der Waals surface area contributed by atoms with E-state index in [4.69, 9.17) is 9.47 Å². The second kappa shape index (κ2) is 7.30. The number of hydrogen-bond acceptors (Lipinski definition) is 6. The predicted molar refractivity (Wildman–Crippen MR) is 92.5 cm³/mol. The molecule has 0 N–H and O–H groups in total. The van der Waals surface area contributed by atoms with E-state index in [0.717, 1.165) is 19.3 Å². The van der Waals surface area contributed by atoms with Crippen molar-refractivity contribution in [3.63, 3.8) is 0 Å². The Labute approximate surface area is 149 Å². The number of ether oxygens (including phenoxy) is 2. The van der Waals surface area contributed by atoms with Gasteiger partial charge in [-0.25, -0.2) is 0 Å². The molecule has 144 valence electrons. The van der Waals surface area contributed by atoms with Crippen LogP contribution in [-0.4, -0.2) is 34.1 Å². The monoisotopic (exact) mass is 357 g/mol. The lowest BCUT2D eigenvalue weighted by atomic mass is 9.99. The normalized spacial score (nSPS) is 22.2. The first-order valence-electron chi connectivity index (χ1n) is 8.87. The highest BCUT2D eigenvalue weighted by atomic mass is 16.6. The molecule has 0 aromatic heterocycles. The number of esters is 2. The number of hydrogen-bond donors (Lipinski definition) is 0. The highest BCUT2D eigenvalue weighted by Crippen LogP contribution is 2.59. The molecule has 0 amide bonds. The van der Waals surface area contributed by atoms with Gasteiger partial charge in [-0.15, -0.1) is 0 Å². The van der Waals surface area contributed by atoms with Crippen LogP contribution in [0.15, 0.2) is 0 Å². The van der Waals surface area contributed by atoms with E-state index in [1.165, 1.54) is 0 Å². The summed E-state index contributed by atoms with van der Waals surface area (Å²) in [5.74, 6) is -2.38. The Morgan fingerprint density at radius 3 is 1.76 bits per heavy atom. The molecule has 0 heterocycles. The molecule has 1 saturated carbocycles. The van der Waals surface area contributed by atoms with Crippen LogP contribution in [0.25, 0.3) is 0 Å². The molecule has 1 rings (SSSR count). The Hall–Kier alpha value is -1.66. The largest absolute Gasteiger partial charge is 0.459 e. The molecule has 7 heteroatoms. The molecule has 1 fully saturated rings. The molecule has 7 nitrogen and oxygen atoms in total. The number of nitro groups is 1. The first kappa shape index (κ1) is 21.4. The van der Waals surface area contributed by atoms with E-state index in [-0.39, 0.29) is 0 Å². The molecule has 0 bridgehead atoms. The molecular formula is C18H31NO6. The van der Waals surface area contributed by atoms with Crippen LogP contribution >= 0.6 is 0 Å². The Morgan fingerprint density at radius 1 is 1.00 bits per heavy atom. The smallest absolute Gasteiger partial charge is 0.331 e. The minimum atomic E-state index is -1.84. The highest BCUT2D eigenvalue weighted by Gasteiger charge is 2.84. The SMILES string of the molecule is CCCCC[C@@H]1[C@@H]([N+](=O)[O-])C1(C(=O)OC(C)(C)C)C(=O)OC(C)(C)C. The number of carbonyl (C=O) groups excluding carboxylic acids is 2. The molecule has 25 heavy (non-hydrogen) atoms. The third kappa shape index (κ3) is 4.92. The summed E-state index contributed by atoms with van der Waals surface area (Å²) >= 11 is 0. The Bertz CT molecular complexity index is 501. The van der Waals surface area contributed by atoms with Crippen LogP contribution in [-0.2, 0) is 19.1 Å². The molecule has 0 saturated heterocycles. The fourth-order valence-electron chi connectivity index (χ4n) is 3.11. The van der Waals surface area contributed by atoms with Crippen molar-refractivity contribution in [2.24, 2.45) is 11.3 Å². The van der Waals surface area contributed by atoms with Crippen LogP contribution in [0, 0.1) is 21.4 Å². The summed E-state index contributed by atoms with van der Waals surface area (Å²) < 4.78 is 10.7. The van der Waals surface area contributed by atoms with Crippen LogP contribution in [0.3, 0.4) is 0 Å². The lowest BCUT2D eigenvalue weighted by Gasteiger charge is -2.26. The summed E-state index contributed by atoms with van der Waals surface area (Å²) in [5.41, 5.74) is -3.52. The van der Waals surface area contributed by atoms with Crippen LogP contribution in [0.5, 0.6) is 0 Å². The number of carbonyl (C=O) groups is 2. The number of unbranched alkanes of at least 4 members (excludes halogenated alkanes) is 2. The zero-order valence-corrected chi connectivity index (χ0v) is 16.4. The second-order valence-electron chi connectivity index (χ2n) is 8.71. The molecule has 0 spiro atoms. The molecule has 0 aromatic carbocycles. The minimum Gasteiger partial charge on any atom is -0.459 e. The maximum atomic E-state index is 12.8. The third-order valence-corrected chi connectivity index (χ3v) is 4.14. The summed E-state index contributed by atoms with van der Waals surface area (Å²) in [5, 5.41) is 11.6. The van der Waals surface area contributed by atoms with Crippen molar-refractivity contribution >= 4 is 11.9 Å². The van der Waals surface area contributed by atoms with Crippen LogP contribution < -0.4 is 0 Å². The Balaban J connectivity index is 3.20. The van der Waals surface area contributed by atoms with Gasteiger partial charge in [0.15, 0.2) is 0 Å². The second-order valence-corrected chi connectivity index (χ2v) is 8.71. The number of rotatable bonds is 7. The Kier molecular flexibility index (Phi) is 6.24. The van der Waals surface area contributed by atoms with Crippen molar-refractivity contribution in [1.82, 2.24) is 0 Å². The summed E-state index contributed by atoms with van der Waals surface area (Å²) in [4.78, 5) is 36.6. The van der Waals surface area contributed by atoms with Crippen molar-refractivity contribution in [1.29, 1.82) is 0 Å². The van der Waals surface area contributed by atoms with E-state index in [1.807, 2.05) is 6.92 Å². The molecule has 0 aliphatic heterocycles. The zero-order chi connectivity index (χ0) is 19.6. The average molecular weight is 357 g/mol. The molecule has 0 unspecified atom stereocenters. The topological polar surface area (TPSA) is 95.7 Å². The molecule has 2 atom stereocenters. The molecule has 1 aliphatic rings. The minimum absolute atomic E-state index is 0.429. The van der Waals surface area contributed by atoms with Crippen LogP contribution in [0.1, 0.15) is 74.1 Å². The summed E-state index contributed by atoms with van der Waals surface area (Å²) in [6.07, 6.45) is 2.98. The van der Waals surface area contributed by atoms with Gasteiger partial charge in [0.1, 0.15) is 11.2 Å². The van der Waals surface area contributed by atoms with E-state index >= 15 is 0 Å². The van der Waals surface area contributed by atoms with Gasteiger partial charge in [-0.2, -0.15) is 0 Å². The third-order valence-electron chi connectivity index (χ3n) is 4.14. The van der Waals surface area contributed by atoms with Gasteiger partial charge in [-0.1, -0.05) is 26.2 Å². The van der Waals surface area contributed by atoms with Gasteiger partial charge in [0.05, 0.1) is 5.92 Å². The van der Waals surface area contributed by atoms with Gasteiger partial charge >= 0.3 is 11.9 Å². The van der Waals surface area contributed by atoms with E-state index in [2.05, 4.69) is 0 Å². The first-order valence-corrected chi connectivity index (χ1v) is 8.87. The fraction of sp³-hybridized carbons (Fsp3) is 0.889. The van der Waals surface area contributed by atoms with Gasteiger partial charge in [-0.3, -0.25) is 19.7 Å². The van der Waals surface area contributed by atoms with Gasteiger partial charge in [0.2, 0.25) is 11.5 Å². The van der Waals surface area contributed by atoms with E-state index in [1.54, 1.807) is 41.5 Å². The van der Waals surface area contributed by atoms with E-state index in [0.29, 0.717) is 6.42 Å². The predicted octanol–water partition coefficient (Wildman–Crippen LogP) is 3.51. The van der Waals surface area contributed by atoms with Crippen molar-refractivity contribution in [2.45, 2.75) is 91.4 Å². The van der Waals surface area contributed by atoms with Gasteiger partial charge in [0, 0.05) is 4.92 Å².